The van der Waals surface area contributed by atoms with Gasteiger partial charge >= 0.3 is 0 Å². The maximum atomic E-state index is 9.25. The number of likely N-dealkylation sites (tertiary alicyclic amines) is 1. The lowest BCUT2D eigenvalue weighted by atomic mass is 9.80. The molecule has 1 saturated heterocycles. The molecule has 2 N–H and O–H groups in total. The Labute approximate surface area is 125 Å². The molecule has 118 valence electrons. The Morgan fingerprint density at radius 3 is 2.40 bits per heavy atom. The molecule has 0 radical (unpaired) electrons. The molecule has 0 aromatic carbocycles. The van der Waals surface area contributed by atoms with Crippen molar-refractivity contribution < 1.29 is 5.11 Å². The summed E-state index contributed by atoms with van der Waals surface area (Å²) in [5.41, 5.74) is 0.408. The van der Waals surface area contributed by atoms with Gasteiger partial charge in [0.15, 0.2) is 0 Å². The van der Waals surface area contributed by atoms with Gasteiger partial charge in [0.25, 0.3) is 0 Å². The average molecular weight is 282 g/mol. The molecule has 0 amide bonds. The summed E-state index contributed by atoms with van der Waals surface area (Å²) in [6, 6.07) is 1.38. The summed E-state index contributed by atoms with van der Waals surface area (Å²) < 4.78 is 0. The van der Waals surface area contributed by atoms with Crippen LogP contribution in [0.3, 0.4) is 0 Å². The molecule has 1 aliphatic heterocycles. The van der Waals surface area contributed by atoms with E-state index in [-0.39, 0.29) is 0 Å². The van der Waals surface area contributed by atoms with Crippen LogP contribution in [-0.4, -0.2) is 48.3 Å². The maximum absolute atomic E-state index is 9.25. The molecule has 3 heteroatoms. The molecule has 1 aliphatic carbocycles. The molecule has 0 bridgehead atoms. The highest BCUT2D eigenvalue weighted by Crippen LogP contribution is 2.31. The van der Waals surface area contributed by atoms with Crippen molar-refractivity contribution >= 4 is 0 Å². The van der Waals surface area contributed by atoms with Gasteiger partial charge in [-0.1, -0.05) is 33.6 Å². The van der Waals surface area contributed by atoms with Gasteiger partial charge in [-0.25, -0.2) is 0 Å². The zero-order valence-electron chi connectivity index (χ0n) is 13.7. The number of nitrogens with one attached hydrogen (secondary N) is 1. The first-order chi connectivity index (χ1) is 9.46. The number of hydrogen-bond acceptors (Lipinski definition) is 3. The zero-order chi connectivity index (χ0) is 14.6. The molecule has 1 heterocycles. The predicted octanol–water partition coefficient (Wildman–Crippen LogP) is 2.64. The van der Waals surface area contributed by atoms with Crippen molar-refractivity contribution in [2.45, 2.75) is 71.4 Å². The number of aliphatic hydroxyl groups excluding tert-OH is 1. The molecule has 1 saturated carbocycles. The number of β-amino-alcohol motifs (C(OH)–C–C–N with tert-alkyl or cyclic N) is 1. The average Bonchev–Trinajstić information content (AvgIpc) is 2.79. The first-order valence-electron chi connectivity index (χ1n) is 8.55. The molecule has 2 aliphatic rings. The molecular formula is C17H34N2O. The molecule has 2 fully saturated rings. The predicted molar refractivity (Wildman–Crippen MR) is 84.9 cm³/mol. The fraction of sp³-hybridized carbons (Fsp3) is 1.00. The number of hydrogen-bond donors (Lipinski definition) is 2. The molecular weight excluding hydrogens is 248 g/mol. The van der Waals surface area contributed by atoms with Gasteiger partial charge in [-0.15, -0.1) is 0 Å². The minimum Gasteiger partial charge on any atom is -0.395 e. The molecule has 20 heavy (non-hydrogen) atoms. The quantitative estimate of drug-likeness (QED) is 0.814. The topological polar surface area (TPSA) is 35.5 Å². The highest BCUT2D eigenvalue weighted by molar-refractivity contribution is 4.88. The largest absolute Gasteiger partial charge is 0.395 e. The Bertz CT molecular complexity index is 281. The van der Waals surface area contributed by atoms with Crippen molar-refractivity contribution in [3.63, 3.8) is 0 Å². The van der Waals surface area contributed by atoms with Crippen molar-refractivity contribution in [3.05, 3.63) is 0 Å². The van der Waals surface area contributed by atoms with Crippen molar-refractivity contribution in [1.82, 2.24) is 10.2 Å². The monoisotopic (exact) mass is 282 g/mol. The van der Waals surface area contributed by atoms with E-state index in [1.807, 2.05) is 0 Å². The van der Waals surface area contributed by atoms with E-state index >= 15 is 0 Å². The Morgan fingerprint density at radius 1 is 1.10 bits per heavy atom. The van der Waals surface area contributed by atoms with Gasteiger partial charge in [-0.05, 0) is 37.0 Å². The van der Waals surface area contributed by atoms with E-state index in [4.69, 9.17) is 0 Å². The van der Waals surface area contributed by atoms with E-state index in [9.17, 15) is 5.11 Å². The lowest BCUT2D eigenvalue weighted by molar-refractivity contribution is 0.0925. The second-order valence-electron chi connectivity index (χ2n) is 8.19. The minimum absolute atomic E-state index is 0.290. The van der Waals surface area contributed by atoms with Crippen molar-refractivity contribution in [3.8, 4) is 0 Å². The molecule has 2 unspecified atom stereocenters. The van der Waals surface area contributed by atoms with Crippen LogP contribution in [0.4, 0.5) is 0 Å². The normalized spacial score (nSPS) is 30.0. The summed E-state index contributed by atoms with van der Waals surface area (Å²) in [5, 5.41) is 13.1. The number of piperidine rings is 1. The number of rotatable bonds is 5. The van der Waals surface area contributed by atoms with E-state index in [0.29, 0.717) is 18.1 Å². The lowest BCUT2D eigenvalue weighted by Crippen LogP contribution is -2.52. The summed E-state index contributed by atoms with van der Waals surface area (Å²) in [6.07, 6.45) is 8.13. The van der Waals surface area contributed by atoms with Gasteiger partial charge in [0, 0.05) is 31.7 Å². The third kappa shape index (κ3) is 5.34. The van der Waals surface area contributed by atoms with Crippen LogP contribution in [0.1, 0.15) is 59.3 Å². The molecule has 0 aromatic heterocycles. The first-order valence-corrected chi connectivity index (χ1v) is 8.55. The highest BCUT2D eigenvalue weighted by atomic mass is 16.3. The van der Waals surface area contributed by atoms with Gasteiger partial charge in [-0.2, -0.15) is 0 Å². The van der Waals surface area contributed by atoms with E-state index in [2.05, 4.69) is 31.0 Å². The van der Waals surface area contributed by atoms with Crippen LogP contribution in [0, 0.1) is 11.3 Å². The van der Waals surface area contributed by atoms with Crippen LogP contribution in [0.5, 0.6) is 0 Å². The smallest absolute Gasteiger partial charge is 0.0558 e. The molecule has 3 nitrogen and oxygen atoms in total. The summed E-state index contributed by atoms with van der Waals surface area (Å²) >= 11 is 0. The Hall–Kier alpha value is -0.120. The van der Waals surface area contributed by atoms with Gasteiger partial charge in [0.05, 0.1) is 6.61 Å². The Kier molecular flexibility index (Phi) is 5.88. The van der Waals surface area contributed by atoms with Gasteiger partial charge in [0.2, 0.25) is 0 Å². The molecule has 0 aromatic rings. The lowest BCUT2D eigenvalue weighted by Gasteiger charge is -2.41. The second-order valence-corrected chi connectivity index (χ2v) is 8.19. The number of nitrogens with zero attached hydrogens (tertiary/aromatic N) is 1. The van der Waals surface area contributed by atoms with E-state index in [1.165, 1.54) is 45.1 Å². The fourth-order valence-corrected chi connectivity index (χ4v) is 4.19. The first kappa shape index (κ1) is 16.3. The van der Waals surface area contributed by atoms with Crippen LogP contribution in [-0.2, 0) is 0 Å². The van der Waals surface area contributed by atoms with Crippen molar-refractivity contribution in [1.29, 1.82) is 0 Å². The summed E-state index contributed by atoms with van der Waals surface area (Å²) in [7, 11) is 0. The van der Waals surface area contributed by atoms with Gasteiger partial charge < -0.3 is 10.4 Å². The fourth-order valence-electron chi connectivity index (χ4n) is 4.19. The Balaban J connectivity index is 1.89. The summed E-state index contributed by atoms with van der Waals surface area (Å²) in [6.45, 7) is 10.5. The SMILES string of the molecule is CC(C)(C)CC1CC(NC2CCCC2)CN(CCO)C1. The van der Waals surface area contributed by atoms with Gasteiger partial charge in [0.1, 0.15) is 0 Å². The summed E-state index contributed by atoms with van der Waals surface area (Å²) in [4.78, 5) is 2.46. The Morgan fingerprint density at radius 2 is 1.80 bits per heavy atom. The minimum atomic E-state index is 0.290. The van der Waals surface area contributed by atoms with Gasteiger partial charge in [-0.3, -0.25) is 4.90 Å². The number of aliphatic hydroxyl groups is 1. The van der Waals surface area contributed by atoms with Crippen LogP contribution in [0.2, 0.25) is 0 Å². The highest BCUT2D eigenvalue weighted by Gasteiger charge is 2.31. The van der Waals surface area contributed by atoms with Crippen molar-refractivity contribution in [2.75, 3.05) is 26.2 Å². The maximum Gasteiger partial charge on any atom is 0.0558 e. The second kappa shape index (κ2) is 7.24. The van der Waals surface area contributed by atoms with E-state index in [1.54, 1.807) is 0 Å². The van der Waals surface area contributed by atoms with Crippen molar-refractivity contribution in [2.24, 2.45) is 11.3 Å². The summed E-state index contributed by atoms with van der Waals surface area (Å²) in [5.74, 6) is 0.772. The van der Waals surface area contributed by atoms with Crippen LogP contribution >= 0.6 is 0 Å². The molecule has 0 spiro atoms. The third-order valence-corrected chi connectivity index (χ3v) is 4.76. The standard InChI is InChI=1S/C17H34N2O/c1-17(2,3)11-14-10-16(13-19(12-14)8-9-20)18-15-6-4-5-7-15/h14-16,18,20H,4-13H2,1-3H3. The van der Waals surface area contributed by atoms with Crippen LogP contribution in [0.25, 0.3) is 0 Å². The van der Waals surface area contributed by atoms with Crippen LogP contribution < -0.4 is 5.32 Å². The molecule has 2 rings (SSSR count). The molecule has 2 atom stereocenters. The third-order valence-electron chi connectivity index (χ3n) is 4.76. The zero-order valence-corrected chi connectivity index (χ0v) is 13.7. The van der Waals surface area contributed by atoms with Crippen LogP contribution in [0.15, 0.2) is 0 Å². The van der Waals surface area contributed by atoms with E-state index < -0.39 is 0 Å². The van der Waals surface area contributed by atoms with E-state index in [0.717, 1.165) is 25.0 Å².